The number of fused-ring (bicyclic) bond motifs is 1. The number of halogens is 2. The van der Waals surface area contributed by atoms with Crippen molar-refractivity contribution in [3.63, 3.8) is 0 Å². The van der Waals surface area contributed by atoms with E-state index in [1.54, 1.807) is 24.5 Å². The summed E-state index contributed by atoms with van der Waals surface area (Å²) in [6, 6.07) is 24.1. The van der Waals surface area contributed by atoms with Crippen LogP contribution in [0.3, 0.4) is 0 Å². The van der Waals surface area contributed by atoms with E-state index in [9.17, 15) is 4.39 Å². The van der Waals surface area contributed by atoms with Crippen LogP contribution in [0.25, 0.3) is 39.5 Å². The van der Waals surface area contributed by atoms with Crippen LogP contribution in [0.5, 0.6) is 0 Å². The van der Waals surface area contributed by atoms with E-state index in [1.807, 2.05) is 34.9 Å². The molecule has 0 atom stereocenters. The number of nitrogens with one attached hydrogen (secondary N) is 1. The zero-order valence-electron chi connectivity index (χ0n) is 24.6. The molecule has 228 valence electrons. The summed E-state index contributed by atoms with van der Waals surface area (Å²) in [4.78, 5) is 24.7. The van der Waals surface area contributed by atoms with Crippen LogP contribution in [-0.4, -0.2) is 53.5 Å². The molecule has 1 saturated heterocycles. The Balaban J connectivity index is 1.14. The van der Waals surface area contributed by atoms with Gasteiger partial charge in [-0.15, -0.1) is 0 Å². The normalized spacial score (nSPS) is 13.9. The monoisotopic (exact) mass is 630 g/mol. The number of rotatable bonds is 7. The molecule has 3 N–H and O–H groups in total. The van der Waals surface area contributed by atoms with Crippen molar-refractivity contribution in [1.82, 2.24) is 34.4 Å². The molecule has 0 saturated carbocycles. The molecule has 7 rings (SSSR count). The standard InChI is InChI=1S/C34H28ClFN10/c35-27-18-22(36)5-8-25(27)28-9-10-29-34(42-28)46(33(43-29)26-2-1-14-40-32(26)38)24-6-3-21(4-7-24)20-45-16-12-23(13-17-45)41-30-11-15-39-31(19-37)44-30/h1-11,14-15,18,23H,12-13,16-17,20H2,(H2,38,40)(H,39,41,44). The number of imidazole rings is 1. The molecule has 0 radical (unpaired) electrons. The van der Waals surface area contributed by atoms with E-state index < -0.39 is 5.82 Å². The largest absolute Gasteiger partial charge is 0.383 e. The second-order valence-corrected chi connectivity index (χ2v) is 11.5. The number of benzene rings is 2. The minimum absolute atomic E-state index is 0.166. The molecule has 5 heterocycles. The molecule has 1 aliphatic rings. The Labute approximate surface area is 269 Å². The molecule has 0 bridgehead atoms. The van der Waals surface area contributed by atoms with Gasteiger partial charge < -0.3 is 11.1 Å². The summed E-state index contributed by atoms with van der Waals surface area (Å²) in [6.45, 7) is 2.69. The van der Waals surface area contributed by atoms with Crippen molar-refractivity contribution in [3.05, 3.63) is 107 Å². The third-order valence-corrected chi connectivity index (χ3v) is 8.40. The van der Waals surface area contributed by atoms with Gasteiger partial charge in [-0.05, 0) is 79.1 Å². The average molecular weight is 631 g/mol. The minimum Gasteiger partial charge on any atom is -0.383 e. The first-order valence-corrected chi connectivity index (χ1v) is 15.2. The smallest absolute Gasteiger partial charge is 0.234 e. The molecule has 0 unspecified atom stereocenters. The highest BCUT2D eigenvalue weighted by Crippen LogP contribution is 2.33. The fraction of sp³-hybridized carbons (Fsp3) is 0.176. The number of hydrogen-bond acceptors (Lipinski definition) is 9. The topological polar surface area (TPSA) is 134 Å². The molecular formula is C34H28ClFN10. The van der Waals surface area contributed by atoms with Crippen LogP contribution in [0.2, 0.25) is 5.02 Å². The first kappa shape index (κ1) is 29.3. The van der Waals surface area contributed by atoms with Gasteiger partial charge in [0.25, 0.3) is 0 Å². The molecular weight excluding hydrogens is 603 g/mol. The van der Waals surface area contributed by atoms with Gasteiger partial charge >= 0.3 is 0 Å². The Morgan fingerprint density at radius 1 is 0.935 bits per heavy atom. The van der Waals surface area contributed by atoms with Crippen molar-refractivity contribution in [2.24, 2.45) is 0 Å². The number of nitrogens with zero attached hydrogens (tertiary/aromatic N) is 8. The number of nitriles is 1. The lowest BCUT2D eigenvalue weighted by Gasteiger charge is -2.32. The van der Waals surface area contributed by atoms with Crippen LogP contribution in [0, 0.1) is 17.1 Å². The number of piperidine rings is 1. The van der Waals surface area contributed by atoms with Crippen molar-refractivity contribution < 1.29 is 4.39 Å². The van der Waals surface area contributed by atoms with Gasteiger partial charge in [0.2, 0.25) is 5.82 Å². The summed E-state index contributed by atoms with van der Waals surface area (Å²) in [6.07, 6.45) is 5.18. The first-order valence-electron chi connectivity index (χ1n) is 14.8. The predicted octanol–water partition coefficient (Wildman–Crippen LogP) is 6.26. The molecule has 0 amide bonds. The number of pyridine rings is 2. The van der Waals surface area contributed by atoms with Gasteiger partial charge in [0.05, 0.1) is 16.3 Å². The number of anilines is 2. The summed E-state index contributed by atoms with van der Waals surface area (Å²) < 4.78 is 15.7. The summed E-state index contributed by atoms with van der Waals surface area (Å²) in [7, 11) is 0. The van der Waals surface area contributed by atoms with Crippen LogP contribution in [-0.2, 0) is 6.54 Å². The van der Waals surface area contributed by atoms with E-state index in [2.05, 4.69) is 49.4 Å². The average Bonchev–Trinajstić information content (AvgIpc) is 3.45. The fourth-order valence-electron chi connectivity index (χ4n) is 5.78. The van der Waals surface area contributed by atoms with Gasteiger partial charge in [0.1, 0.15) is 29.0 Å². The van der Waals surface area contributed by atoms with Crippen LogP contribution in [0.4, 0.5) is 16.0 Å². The van der Waals surface area contributed by atoms with Gasteiger partial charge in [-0.1, -0.05) is 23.7 Å². The van der Waals surface area contributed by atoms with Crippen molar-refractivity contribution in [2.45, 2.75) is 25.4 Å². The van der Waals surface area contributed by atoms with Crippen LogP contribution in [0.1, 0.15) is 24.2 Å². The highest BCUT2D eigenvalue weighted by molar-refractivity contribution is 6.33. The van der Waals surface area contributed by atoms with E-state index in [-0.39, 0.29) is 16.9 Å². The van der Waals surface area contributed by atoms with Gasteiger partial charge in [-0.25, -0.2) is 29.3 Å². The van der Waals surface area contributed by atoms with Gasteiger partial charge in [-0.2, -0.15) is 5.26 Å². The molecule has 0 aliphatic carbocycles. The third-order valence-electron chi connectivity index (χ3n) is 8.09. The molecule has 2 aromatic carbocycles. The third kappa shape index (κ3) is 5.96. The lowest BCUT2D eigenvalue weighted by molar-refractivity contribution is 0.211. The SMILES string of the molecule is N#Cc1nccc(NC2CCN(Cc3ccc(-n4c(-c5cccnc5N)nc5ccc(-c6ccc(F)cc6Cl)nc54)cc3)CC2)n1. The lowest BCUT2D eigenvalue weighted by Crippen LogP contribution is -2.38. The maximum atomic E-state index is 13.8. The minimum atomic E-state index is -0.410. The van der Waals surface area contributed by atoms with Crippen LogP contribution in [0.15, 0.2) is 85.2 Å². The van der Waals surface area contributed by atoms with Crippen LogP contribution < -0.4 is 11.1 Å². The number of likely N-dealkylation sites (tertiary alicyclic amines) is 1. The van der Waals surface area contributed by atoms with Crippen molar-refractivity contribution in [1.29, 1.82) is 5.26 Å². The number of aromatic nitrogens is 6. The Morgan fingerprint density at radius 3 is 2.52 bits per heavy atom. The molecule has 6 aromatic rings. The number of nitrogens with two attached hydrogens (primary N) is 1. The fourth-order valence-corrected chi connectivity index (χ4v) is 6.05. The van der Waals surface area contributed by atoms with E-state index in [4.69, 9.17) is 32.6 Å². The molecule has 4 aromatic heterocycles. The number of nitrogen functional groups attached to an aromatic ring is 1. The second-order valence-electron chi connectivity index (χ2n) is 11.1. The van der Waals surface area contributed by atoms with E-state index in [0.717, 1.165) is 38.2 Å². The Morgan fingerprint density at radius 2 is 1.76 bits per heavy atom. The van der Waals surface area contributed by atoms with E-state index >= 15 is 0 Å². The summed E-state index contributed by atoms with van der Waals surface area (Å²) >= 11 is 6.40. The molecule has 46 heavy (non-hydrogen) atoms. The number of hydrogen-bond donors (Lipinski definition) is 2. The second kappa shape index (κ2) is 12.5. The maximum absolute atomic E-state index is 13.8. The quantitative estimate of drug-likeness (QED) is 0.209. The first-order chi connectivity index (χ1) is 22.4. The van der Waals surface area contributed by atoms with Gasteiger partial charge in [0.15, 0.2) is 11.5 Å². The molecule has 1 aliphatic heterocycles. The molecule has 0 spiro atoms. The summed E-state index contributed by atoms with van der Waals surface area (Å²) in [5.41, 5.74) is 11.6. The highest BCUT2D eigenvalue weighted by atomic mass is 35.5. The zero-order chi connectivity index (χ0) is 31.6. The van der Waals surface area contributed by atoms with Gasteiger partial charge in [0, 0.05) is 49.3 Å². The summed E-state index contributed by atoms with van der Waals surface area (Å²) in [5.74, 6) is 1.41. The maximum Gasteiger partial charge on any atom is 0.234 e. The molecule has 1 fully saturated rings. The van der Waals surface area contributed by atoms with Crippen molar-refractivity contribution >= 4 is 34.4 Å². The zero-order valence-corrected chi connectivity index (χ0v) is 25.4. The Bertz CT molecular complexity index is 2080. The van der Waals surface area contributed by atoms with E-state index in [1.165, 1.54) is 17.7 Å². The highest BCUT2D eigenvalue weighted by Gasteiger charge is 2.21. The Kier molecular flexibility index (Phi) is 7.97. The van der Waals surface area contributed by atoms with Crippen LogP contribution >= 0.6 is 11.6 Å². The molecule has 10 nitrogen and oxygen atoms in total. The van der Waals surface area contributed by atoms with Gasteiger partial charge in [-0.3, -0.25) is 9.47 Å². The van der Waals surface area contributed by atoms with Crippen molar-refractivity contribution in [2.75, 3.05) is 24.1 Å². The predicted molar refractivity (Wildman–Crippen MR) is 176 cm³/mol. The van der Waals surface area contributed by atoms with Crippen molar-refractivity contribution in [3.8, 4) is 34.4 Å². The Hall–Kier alpha value is -5.44. The molecule has 12 heteroatoms. The summed E-state index contributed by atoms with van der Waals surface area (Å²) in [5, 5.41) is 12.8. The van der Waals surface area contributed by atoms with E-state index in [0.29, 0.717) is 45.4 Å². The lowest BCUT2D eigenvalue weighted by atomic mass is 10.0.